The van der Waals surface area contributed by atoms with Gasteiger partial charge in [-0.25, -0.2) is 13.1 Å². The van der Waals surface area contributed by atoms with Gasteiger partial charge >= 0.3 is 0 Å². The third-order valence-corrected chi connectivity index (χ3v) is 6.15. The van der Waals surface area contributed by atoms with E-state index in [4.69, 9.17) is 16.3 Å². The minimum Gasteiger partial charge on any atom is -0.495 e. The van der Waals surface area contributed by atoms with Crippen LogP contribution in [0.4, 0.5) is 0 Å². The van der Waals surface area contributed by atoms with Crippen LogP contribution in [0.2, 0.25) is 5.02 Å². The summed E-state index contributed by atoms with van der Waals surface area (Å²) in [5.41, 5.74) is 4.41. The smallest absolute Gasteiger partial charge is 0.240 e. The van der Waals surface area contributed by atoms with Crippen molar-refractivity contribution in [3.8, 4) is 5.75 Å². The number of methoxy groups -OCH3 is 1. The Morgan fingerprint density at radius 2 is 1.92 bits per heavy atom. The van der Waals surface area contributed by atoms with Crippen LogP contribution >= 0.6 is 11.6 Å². The zero-order valence-electron chi connectivity index (χ0n) is 14.9. The summed E-state index contributed by atoms with van der Waals surface area (Å²) in [6, 6.07) is 10.6. The van der Waals surface area contributed by atoms with Crippen LogP contribution in [0.1, 0.15) is 16.8 Å². The predicted molar refractivity (Wildman–Crippen MR) is 105 cm³/mol. The van der Waals surface area contributed by atoms with E-state index in [-0.39, 0.29) is 4.90 Å². The Morgan fingerprint density at radius 1 is 1.15 bits per heavy atom. The number of hydrogen-bond donors (Lipinski definition) is 2. The van der Waals surface area contributed by atoms with Crippen molar-refractivity contribution in [1.82, 2.24) is 9.71 Å². The minimum absolute atomic E-state index is 0.130. The van der Waals surface area contributed by atoms with Crippen molar-refractivity contribution in [3.05, 3.63) is 58.2 Å². The van der Waals surface area contributed by atoms with Crippen LogP contribution in [0.25, 0.3) is 10.9 Å². The van der Waals surface area contributed by atoms with Crippen LogP contribution in [0, 0.1) is 13.8 Å². The van der Waals surface area contributed by atoms with E-state index in [2.05, 4.69) is 21.8 Å². The van der Waals surface area contributed by atoms with Crippen LogP contribution in [0.3, 0.4) is 0 Å². The molecule has 5 nitrogen and oxygen atoms in total. The average Bonchev–Trinajstić information content (AvgIpc) is 2.90. The van der Waals surface area contributed by atoms with Gasteiger partial charge in [0.05, 0.1) is 17.0 Å². The number of sulfonamides is 1. The van der Waals surface area contributed by atoms with Gasteiger partial charge in [0.1, 0.15) is 5.75 Å². The topological polar surface area (TPSA) is 71.2 Å². The highest BCUT2D eigenvalue weighted by Gasteiger charge is 2.17. The van der Waals surface area contributed by atoms with Gasteiger partial charge in [0.25, 0.3) is 0 Å². The molecule has 1 heterocycles. The number of nitrogens with one attached hydrogen (secondary N) is 2. The molecule has 0 atom stereocenters. The second kappa shape index (κ2) is 7.31. The fraction of sp³-hybridized carbons (Fsp3) is 0.263. The van der Waals surface area contributed by atoms with Gasteiger partial charge in [0.15, 0.2) is 0 Å². The maximum absolute atomic E-state index is 12.5. The van der Waals surface area contributed by atoms with E-state index >= 15 is 0 Å². The number of benzene rings is 2. The molecule has 3 rings (SSSR count). The Bertz CT molecular complexity index is 1060. The van der Waals surface area contributed by atoms with Crippen molar-refractivity contribution in [2.45, 2.75) is 25.2 Å². The molecule has 0 amide bonds. The Labute approximate surface area is 158 Å². The number of aromatic amines is 1. The van der Waals surface area contributed by atoms with E-state index in [1.165, 1.54) is 30.9 Å². The molecule has 0 radical (unpaired) electrons. The van der Waals surface area contributed by atoms with Crippen LogP contribution in [-0.4, -0.2) is 27.1 Å². The normalized spacial score (nSPS) is 11.8. The maximum atomic E-state index is 12.5. The molecule has 2 N–H and O–H groups in total. The van der Waals surface area contributed by atoms with Gasteiger partial charge in [-0.15, -0.1) is 0 Å². The summed E-state index contributed by atoms with van der Waals surface area (Å²) in [5.74, 6) is 0.331. The number of fused-ring (bicyclic) bond motifs is 1. The molecule has 0 saturated heterocycles. The second-order valence-corrected chi connectivity index (χ2v) is 8.40. The fourth-order valence-electron chi connectivity index (χ4n) is 3.02. The minimum atomic E-state index is -3.64. The zero-order valence-corrected chi connectivity index (χ0v) is 16.5. The number of rotatable bonds is 6. The summed E-state index contributed by atoms with van der Waals surface area (Å²) in [5, 5.41) is 1.51. The molecule has 0 unspecified atom stereocenters. The van der Waals surface area contributed by atoms with Crippen LogP contribution in [0.5, 0.6) is 5.75 Å². The van der Waals surface area contributed by atoms with E-state index in [0.29, 0.717) is 23.7 Å². The van der Waals surface area contributed by atoms with E-state index in [1.54, 1.807) is 0 Å². The van der Waals surface area contributed by atoms with Crippen LogP contribution in [-0.2, 0) is 16.4 Å². The van der Waals surface area contributed by atoms with Gasteiger partial charge in [-0.05, 0) is 50.1 Å². The molecule has 3 aromatic rings. The summed E-state index contributed by atoms with van der Waals surface area (Å²) in [7, 11) is -2.18. The van der Waals surface area contributed by atoms with Gasteiger partial charge in [0.2, 0.25) is 10.0 Å². The third-order valence-electron chi connectivity index (χ3n) is 4.37. The summed E-state index contributed by atoms with van der Waals surface area (Å²) in [6.07, 6.45) is 0.596. The molecule has 0 aliphatic rings. The van der Waals surface area contributed by atoms with E-state index < -0.39 is 10.0 Å². The van der Waals surface area contributed by atoms with Gasteiger partial charge in [-0.3, -0.25) is 0 Å². The molecule has 0 aliphatic carbocycles. The molecule has 2 aromatic carbocycles. The van der Waals surface area contributed by atoms with E-state index in [9.17, 15) is 8.42 Å². The molecule has 0 saturated carbocycles. The summed E-state index contributed by atoms with van der Waals surface area (Å²) >= 11 is 5.96. The quantitative estimate of drug-likeness (QED) is 0.666. The van der Waals surface area contributed by atoms with Crippen molar-refractivity contribution in [3.63, 3.8) is 0 Å². The van der Waals surface area contributed by atoms with Crippen molar-refractivity contribution in [2.75, 3.05) is 13.7 Å². The van der Waals surface area contributed by atoms with Crippen LogP contribution < -0.4 is 9.46 Å². The summed E-state index contributed by atoms with van der Waals surface area (Å²) in [6.45, 7) is 4.35. The number of aromatic nitrogens is 1. The lowest BCUT2D eigenvalue weighted by Gasteiger charge is -2.09. The Kier molecular flexibility index (Phi) is 5.27. The van der Waals surface area contributed by atoms with Crippen LogP contribution in [0.15, 0.2) is 41.3 Å². The Morgan fingerprint density at radius 3 is 2.65 bits per heavy atom. The Hall–Kier alpha value is -2.02. The van der Waals surface area contributed by atoms with E-state index in [1.807, 2.05) is 19.9 Å². The van der Waals surface area contributed by atoms with Crippen molar-refractivity contribution in [1.29, 1.82) is 0 Å². The highest BCUT2D eigenvalue weighted by molar-refractivity contribution is 7.89. The van der Waals surface area contributed by atoms with E-state index in [0.717, 1.165) is 22.2 Å². The molecule has 0 aliphatic heterocycles. The maximum Gasteiger partial charge on any atom is 0.240 e. The lowest BCUT2D eigenvalue weighted by Crippen LogP contribution is -2.26. The first-order valence-corrected chi connectivity index (χ1v) is 10.1. The molecule has 1 aromatic heterocycles. The fourth-order valence-corrected chi connectivity index (χ4v) is 4.26. The van der Waals surface area contributed by atoms with Gasteiger partial charge in [0, 0.05) is 29.2 Å². The summed E-state index contributed by atoms with van der Waals surface area (Å²) < 4.78 is 32.8. The molecule has 0 fully saturated rings. The van der Waals surface area contributed by atoms with Crippen molar-refractivity contribution >= 4 is 32.5 Å². The average molecular weight is 393 g/mol. The largest absolute Gasteiger partial charge is 0.495 e. The second-order valence-electron chi connectivity index (χ2n) is 6.22. The molecular weight excluding hydrogens is 372 g/mol. The number of hydrogen-bond acceptors (Lipinski definition) is 3. The first kappa shape index (κ1) is 18.8. The lowest BCUT2D eigenvalue weighted by atomic mass is 10.1. The molecule has 26 heavy (non-hydrogen) atoms. The van der Waals surface area contributed by atoms with Gasteiger partial charge in [-0.1, -0.05) is 23.2 Å². The molecule has 0 spiro atoms. The highest BCUT2D eigenvalue weighted by Crippen LogP contribution is 2.27. The molecular formula is C19H21ClN2O3S. The number of H-pyrrole nitrogens is 1. The predicted octanol–water partition coefficient (Wildman–Crippen LogP) is 3.97. The van der Waals surface area contributed by atoms with Gasteiger partial charge in [-0.2, -0.15) is 0 Å². The SMILES string of the molecule is COc1cc(S(=O)(=O)NCCc2c(C)[nH]c3ccc(C)cc23)ccc1Cl. The molecule has 138 valence electrons. The monoisotopic (exact) mass is 392 g/mol. The third kappa shape index (κ3) is 3.72. The van der Waals surface area contributed by atoms with Crippen molar-refractivity contribution < 1.29 is 13.2 Å². The highest BCUT2D eigenvalue weighted by atomic mass is 35.5. The van der Waals surface area contributed by atoms with Gasteiger partial charge < -0.3 is 9.72 Å². The zero-order chi connectivity index (χ0) is 18.9. The molecule has 0 bridgehead atoms. The number of aryl methyl sites for hydroxylation is 2. The number of halogens is 1. The first-order valence-electron chi connectivity index (χ1n) is 8.23. The molecule has 7 heteroatoms. The standard InChI is InChI=1S/C19H21ClN2O3S/c1-12-4-7-18-16(10-12)15(13(2)22-18)8-9-21-26(23,24)14-5-6-17(20)19(11-14)25-3/h4-7,10-11,21-22H,8-9H2,1-3H3. The first-order chi connectivity index (χ1) is 12.3. The number of ether oxygens (including phenoxy) is 1. The Balaban J connectivity index is 1.77. The van der Waals surface area contributed by atoms with Crippen molar-refractivity contribution in [2.24, 2.45) is 0 Å². The summed E-state index contributed by atoms with van der Waals surface area (Å²) in [4.78, 5) is 3.48. The lowest BCUT2D eigenvalue weighted by molar-refractivity contribution is 0.413.